The Morgan fingerprint density at radius 2 is 2.00 bits per heavy atom. The Kier molecular flexibility index (Phi) is 1.95. The summed E-state index contributed by atoms with van der Waals surface area (Å²) in [5.41, 5.74) is 7.28. The van der Waals surface area contributed by atoms with Crippen molar-refractivity contribution >= 4 is 10.8 Å². The Hall–Kier alpha value is -1.54. The highest BCUT2D eigenvalue weighted by molar-refractivity contribution is 5.88. The second-order valence-electron chi connectivity index (χ2n) is 4.70. The zero-order chi connectivity index (χ0) is 11.2. The van der Waals surface area contributed by atoms with Gasteiger partial charge in [0.05, 0.1) is 0 Å². The summed E-state index contributed by atoms with van der Waals surface area (Å²) in [6, 6.07) is 11.9. The van der Waals surface area contributed by atoms with Crippen molar-refractivity contribution in [2.75, 3.05) is 6.54 Å². The van der Waals surface area contributed by atoms with E-state index in [2.05, 4.69) is 18.2 Å². The van der Waals surface area contributed by atoms with E-state index in [-0.39, 0.29) is 5.41 Å². The molecule has 0 aliphatic heterocycles. The Bertz CT molecular complexity index is 543. The van der Waals surface area contributed by atoms with Crippen LogP contribution in [0.25, 0.3) is 10.8 Å². The number of nitrogens with two attached hydrogens (primary N) is 1. The van der Waals surface area contributed by atoms with Crippen LogP contribution in [0.15, 0.2) is 36.4 Å². The molecule has 1 fully saturated rings. The van der Waals surface area contributed by atoms with Crippen LogP contribution in [0.5, 0.6) is 5.75 Å². The number of hydrogen-bond donors (Lipinski definition) is 2. The molecule has 3 rings (SSSR count). The molecule has 2 aromatic rings. The minimum Gasteiger partial charge on any atom is -0.507 e. The number of hydrogen-bond acceptors (Lipinski definition) is 2. The van der Waals surface area contributed by atoms with E-state index in [0.29, 0.717) is 12.3 Å². The third-order valence-electron chi connectivity index (χ3n) is 3.72. The van der Waals surface area contributed by atoms with Gasteiger partial charge in [-0.25, -0.2) is 0 Å². The summed E-state index contributed by atoms with van der Waals surface area (Å²) in [6.07, 6.45) is 2.34. The van der Waals surface area contributed by atoms with Gasteiger partial charge in [-0.15, -0.1) is 0 Å². The van der Waals surface area contributed by atoms with Crippen LogP contribution in [0.4, 0.5) is 0 Å². The van der Waals surface area contributed by atoms with Crippen molar-refractivity contribution in [1.29, 1.82) is 0 Å². The highest BCUT2D eigenvalue weighted by Gasteiger charge is 2.42. The van der Waals surface area contributed by atoms with E-state index < -0.39 is 0 Å². The molecule has 1 aliphatic carbocycles. The molecular weight excluding hydrogens is 198 g/mol. The predicted octanol–water partition coefficient (Wildman–Crippen LogP) is 2.54. The summed E-state index contributed by atoms with van der Waals surface area (Å²) in [5.74, 6) is 0.354. The van der Waals surface area contributed by atoms with Crippen LogP contribution in [-0.4, -0.2) is 11.7 Å². The van der Waals surface area contributed by atoms with Gasteiger partial charge in [0.1, 0.15) is 5.75 Å². The zero-order valence-electron chi connectivity index (χ0n) is 9.11. The summed E-state index contributed by atoms with van der Waals surface area (Å²) in [7, 11) is 0. The second kappa shape index (κ2) is 3.22. The van der Waals surface area contributed by atoms with E-state index in [9.17, 15) is 5.11 Å². The Labute approximate surface area is 94.7 Å². The highest BCUT2D eigenvalue weighted by Crippen LogP contribution is 2.48. The Balaban J connectivity index is 2.19. The average molecular weight is 213 g/mol. The summed E-state index contributed by atoms with van der Waals surface area (Å²) >= 11 is 0. The smallest absolute Gasteiger partial charge is 0.123 e. The zero-order valence-corrected chi connectivity index (χ0v) is 9.11. The Morgan fingerprint density at radius 3 is 2.69 bits per heavy atom. The maximum atomic E-state index is 9.82. The largest absolute Gasteiger partial charge is 0.507 e. The normalized spacial score (nSPS) is 17.6. The molecule has 0 unspecified atom stereocenters. The lowest BCUT2D eigenvalue weighted by atomic mass is 9.93. The first kappa shape index (κ1) is 9.67. The lowest BCUT2D eigenvalue weighted by Gasteiger charge is -2.13. The molecule has 0 heterocycles. The van der Waals surface area contributed by atoms with Crippen molar-refractivity contribution in [3.63, 3.8) is 0 Å². The standard InChI is InChI=1S/C14H15NO/c15-9-14(6-7-14)11-5-4-10-2-1-3-13(16)12(10)8-11/h1-5,8,16H,6-7,9,15H2. The molecule has 0 radical (unpaired) electrons. The number of aromatic hydroxyl groups is 1. The van der Waals surface area contributed by atoms with Crippen LogP contribution in [0.1, 0.15) is 18.4 Å². The Morgan fingerprint density at radius 1 is 1.19 bits per heavy atom. The van der Waals surface area contributed by atoms with E-state index in [1.54, 1.807) is 6.07 Å². The number of fused-ring (bicyclic) bond motifs is 1. The van der Waals surface area contributed by atoms with E-state index in [0.717, 1.165) is 10.8 Å². The predicted molar refractivity (Wildman–Crippen MR) is 65.6 cm³/mol. The molecule has 0 saturated heterocycles. The van der Waals surface area contributed by atoms with Gasteiger partial charge in [-0.2, -0.15) is 0 Å². The molecule has 2 heteroatoms. The first-order chi connectivity index (χ1) is 7.75. The number of phenolic OH excluding ortho intramolecular Hbond substituents is 1. The average Bonchev–Trinajstić information content (AvgIpc) is 3.10. The van der Waals surface area contributed by atoms with Crippen LogP contribution < -0.4 is 5.73 Å². The van der Waals surface area contributed by atoms with Gasteiger partial charge in [0.25, 0.3) is 0 Å². The minimum absolute atomic E-state index is 0.191. The molecule has 0 atom stereocenters. The lowest BCUT2D eigenvalue weighted by molar-refractivity contribution is 0.481. The molecule has 2 nitrogen and oxygen atoms in total. The van der Waals surface area contributed by atoms with Crippen molar-refractivity contribution in [2.24, 2.45) is 5.73 Å². The summed E-state index contributed by atoms with van der Waals surface area (Å²) in [6.45, 7) is 0.700. The molecule has 0 aromatic heterocycles. The topological polar surface area (TPSA) is 46.2 Å². The molecule has 0 bridgehead atoms. The van der Waals surface area contributed by atoms with Crippen LogP contribution in [0.3, 0.4) is 0 Å². The van der Waals surface area contributed by atoms with Gasteiger partial charge in [-0.1, -0.05) is 24.3 Å². The molecular formula is C14H15NO. The van der Waals surface area contributed by atoms with Gasteiger partial charge in [-0.05, 0) is 35.9 Å². The van der Waals surface area contributed by atoms with Crippen molar-refractivity contribution < 1.29 is 5.11 Å². The van der Waals surface area contributed by atoms with E-state index in [1.165, 1.54) is 18.4 Å². The van der Waals surface area contributed by atoms with Gasteiger partial charge in [0.2, 0.25) is 0 Å². The number of phenols is 1. The third kappa shape index (κ3) is 1.30. The van der Waals surface area contributed by atoms with Crippen molar-refractivity contribution in [2.45, 2.75) is 18.3 Å². The molecule has 16 heavy (non-hydrogen) atoms. The second-order valence-corrected chi connectivity index (χ2v) is 4.70. The van der Waals surface area contributed by atoms with E-state index >= 15 is 0 Å². The quantitative estimate of drug-likeness (QED) is 0.805. The SMILES string of the molecule is NCC1(c2ccc3cccc(O)c3c2)CC1. The van der Waals surface area contributed by atoms with Crippen molar-refractivity contribution in [1.82, 2.24) is 0 Å². The van der Waals surface area contributed by atoms with Gasteiger partial charge >= 0.3 is 0 Å². The first-order valence-electron chi connectivity index (χ1n) is 5.67. The van der Waals surface area contributed by atoms with Gasteiger partial charge in [0.15, 0.2) is 0 Å². The highest BCUT2D eigenvalue weighted by atomic mass is 16.3. The first-order valence-corrected chi connectivity index (χ1v) is 5.67. The van der Waals surface area contributed by atoms with Crippen LogP contribution in [0.2, 0.25) is 0 Å². The number of benzene rings is 2. The van der Waals surface area contributed by atoms with E-state index in [1.807, 2.05) is 12.1 Å². The fourth-order valence-corrected chi connectivity index (χ4v) is 2.35. The molecule has 0 spiro atoms. The molecule has 1 saturated carbocycles. The van der Waals surface area contributed by atoms with Crippen LogP contribution in [0, 0.1) is 0 Å². The third-order valence-corrected chi connectivity index (χ3v) is 3.72. The van der Waals surface area contributed by atoms with Gasteiger partial charge in [-0.3, -0.25) is 0 Å². The lowest BCUT2D eigenvalue weighted by Crippen LogP contribution is -2.19. The fourth-order valence-electron chi connectivity index (χ4n) is 2.35. The summed E-state index contributed by atoms with van der Waals surface area (Å²) < 4.78 is 0. The van der Waals surface area contributed by atoms with Crippen LogP contribution in [-0.2, 0) is 5.41 Å². The van der Waals surface area contributed by atoms with E-state index in [4.69, 9.17) is 5.73 Å². The summed E-state index contributed by atoms with van der Waals surface area (Å²) in [4.78, 5) is 0. The molecule has 3 N–H and O–H groups in total. The van der Waals surface area contributed by atoms with Crippen molar-refractivity contribution in [3.05, 3.63) is 42.0 Å². The fraction of sp³-hybridized carbons (Fsp3) is 0.286. The monoisotopic (exact) mass is 213 g/mol. The number of rotatable bonds is 2. The molecule has 2 aromatic carbocycles. The maximum absolute atomic E-state index is 9.82. The van der Waals surface area contributed by atoms with Crippen LogP contribution >= 0.6 is 0 Å². The maximum Gasteiger partial charge on any atom is 0.123 e. The van der Waals surface area contributed by atoms with Gasteiger partial charge in [0, 0.05) is 17.3 Å². The molecule has 82 valence electrons. The molecule has 1 aliphatic rings. The molecule has 0 amide bonds. The van der Waals surface area contributed by atoms with Gasteiger partial charge < -0.3 is 10.8 Å². The van der Waals surface area contributed by atoms with Crippen molar-refractivity contribution in [3.8, 4) is 5.75 Å². The summed E-state index contributed by atoms with van der Waals surface area (Å²) in [5, 5.41) is 11.8. The minimum atomic E-state index is 0.191.